The van der Waals surface area contributed by atoms with Gasteiger partial charge in [-0.15, -0.1) is 0 Å². The van der Waals surface area contributed by atoms with E-state index >= 15 is 0 Å². The van der Waals surface area contributed by atoms with Crippen LogP contribution in [0.1, 0.15) is 0 Å². The quantitative estimate of drug-likeness (QED) is 0.413. The molecule has 0 heterocycles. The molecule has 0 spiro atoms. The first kappa shape index (κ1) is 9.43. The molecule has 0 aromatic heterocycles. The second-order valence-electron chi connectivity index (χ2n) is 4.37. The topological polar surface area (TPSA) is 0 Å². The number of hydrogen-bond acceptors (Lipinski definition) is 0. The van der Waals surface area contributed by atoms with Crippen LogP contribution in [0.4, 0.5) is 0 Å². The summed E-state index contributed by atoms with van der Waals surface area (Å²) in [5.74, 6) is 0. The van der Waals surface area contributed by atoms with Gasteiger partial charge in [-0.2, -0.15) is 0 Å². The highest BCUT2D eigenvalue weighted by Crippen LogP contribution is 2.51. The van der Waals surface area contributed by atoms with Gasteiger partial charge in [0, 0.05) is 4.47 Å². The summed E-state index contributed by atoms with van der Waals surface area (Å²) in [4.78, 5) is 0. The Balaban J connectivity index is 2.18. The Morgan fingerprint density at radius 2 is 1.29 bits per heavy atom. The molecule has 4 rings (SSSR count). The Morgan fingerprint density at radius 1 is 0.647 bits per heavy atom. The molecule has 0 unspecified atom stereocenters. The molecule has 0 atom stereocenters. The second kappa shape index (κ2) is 3.21. The van der Waals surface area contributed by atoms with Crippen LogP contribution in [0.3, 0.4) is 0 Å². The summed E-state index contributed by atoms with van der Waals surface area (Å²) in [5.41, 5.74) is 5.52. The lowest BCUT2D eigenvalue weighted by Crippen LogP contribution is -1.99. The lowest BCUT2D eigenvalue weighted by molar-refractivity contribution is 1.54. The number of fused-ring (bicyclic) bond motifs is 6. The van der Waals surface area contributed by atoms with E-state index in [1.165, 1.54) is 37.5 Å². The van der Waals surface area contributed by atoms with E-state index in [9.17, 15) is 0 Å². The van der Waals surface area contributed by atoms with Crippen molar-refractivity contribution in [1.29, 1.82) is 0 Å². The van der Waals surface area contributed by atoms with Crippen LogP contribution in [0.2, 0.25) is 0 Å². The fraction of sp³-hybridized carbons (Fsp3) is 0. The molecule has 1 heteroatoms. The molecule has 0 fully saturated rings. The number of hydrogen-bond donors (Lipinski definition) is 0. The largest absolute Gasteiger partial charge is 0.0616 e. The van der Waals surface area contributed by atoms with E-state index in [1.807, 2.05) is 0 Å². The number of rotatable bonds is 0. The van der Waals surface area contributed by atoms with Crippen LogP contribution in [0.15, 0.2) is 59.1 Å². The molecule has 0 saturated heterocycles. The highest BCUT2D eigenvalue weighted by atomic mass is 79.9. The molecule has 0 amide bonds. The van der Waals surface area contributed by atoms with Crippen molar-refractivity contribution in [3.05, 3.63) is 59.1 Å². The Kier molecular flexibility index (Phi) is 1.78. The van der Waals surface area contributed by atoms with Gasteiger partial charge in [0.1, 0.15) is 0 Å². The van der Waals surface area contributed by atoms with E-state index in [-0.39, 0.29) is 0 Å². The van der Waals surface area contributed by atoms with E-state index in [1.54, 1.807) is 0 Å². The molecule has 1 aliphatic carbocycles. The summed E-state index contributed by atoms with van der Waals surface area (Å²) in [6.45, 7) is 0. The van der Waals surface area contributed by atoms with Crippen LogP contribution in [-0.2, 0) is 0 Å². The van der Waals surface area contributed by atoms with Crippen LogP contribution in [0, 0.1) is 0 Å². The normalized spacial score (nSPS) is 11.8. The summed E-state index contributed by atoms with van der Waals surface area (Å²) in [6, 6.07) is 19.4. The molecule has 80 valence electrons. The summed E-state index contributed by atoms with van der Waals surface area (Å²) >= 11 is 3.67. The molecule has 0 radical (unpaired) electrons. The van der Waals surface area contributed by atoms with Gasteiger partial charge >= 0.3 is 0 Å². The van der Waals surface area contributed by atoms with Gasteiger partial charge in [0.15, 0.2) is 0 Å². The first-order valence-corrected chi connectivity index (χ1v) is 6.46. The van der Waals surface area contributed by atoms with E-state index in [0.717, 1.165) is 0 Å². The van der Waals surface area contributed by atoms with Crippen molar-refractivity contribution in [1.82, 2.24) is 0 Å². The molecule has 0 saturated carbocycles. The SMILES string of the molecule is Brc1cc2c(c3ccccc13)-c1ccccc1-2. The van der Waals surface area contributed by atoms with Crippen molar-refractivity contribution in [2.24, 2.45) is 0 Å². The molecule has 0 aliphatic heterocycles. The number of benzene rings is 3. The monoisotopic (exact) mass is 280 g/mol. The smallest absolute Gasteiger partial charge is 0.0260 e. The maximum absolute atomic E-state index is 3.67. The van der Waals surface area contributed by atoms with E-state index in [4.69, 9.17) is 0 Å². The second-order valence-corrected chi connectivity index (χ2v) is 5.23. The molecule has 0 bridgehead atoms. The maximum atomic E-state index is 3.67. The minimum Gasteiger partial charge on any atom is -0.0616 e. The highest BCUT2D eigenvalue weighted by molar-refractivity contribution is 9.10. The van der Waals surface area contributed by atoms with Crippen molar-refractivity contribution < 1.29 is 0 Å². The standard InChI is InChI=1S/C16H9Br/c17-15-9-14-10-5-1-3-7-12(10)16(14)13-8-4-2-6-11(13)15/h1-9H. The molecular formula is C16H9Br. The average molecular weight is 281 g/mol. The molecule has 3 aromatic rings. The molecular weight excluding hydrogens is 272 g/mol. The zero-order chi connectivity index (χ0) is 11.4. The average Bonchev–Trinajstić information content (AvgIpc) is 2.36. The third-order valence-corrected chi connectivity index (χ3v) is 4.14. The first-order valence-electron chi connectivity index (χ1n) is 5.67. The Hall–Kier alpha value is -1.60. The van der Waals surface area contributed by atoms with Gasteiger partial charge in [-0.25, -0.2) is 0 Å². The molecule has 0 nitrogen and oxygen atoms in total. The summed E-state index contributed by atoms with van der Waals surface area (Å²) in [5, 5.41) is 2.64. The zero-order valence-electron chi connectivity index (χ0n) is 9.07. The maximum Gasteiger partial charge on any atom is 0.0260 e. The predicted octanol–water partition coefficient (Wildman–Crippen LogP) is 5.25. The Morgan fingerprint density at radius 3 is 2.12 bits per heavy atom. The summed E-state index contributed by atoms with van der Waals surface area (Å²) < 4.78 is 1.18. The van der Waals surface area contributed by atoms with Gasteiger partial charge < -0.3 is 0 Å². The van der Waals surface area contributed by atoms with Crippen molar-refractivity contribution >= 4 is 26.7 Å². The van der Waals surface area contributed by atoms with Crippen LogP contribution < -0.4 is 0 Å². The summed E-state index contributed by atoms with van der Waals surface area (Å²) in [7, 11) is 0. The van der Waals surface area contributed by atoms with Crippen molar-refractivity contribution in [2.75, 3.05) is 0 Å². The number of halogens is 1. The van der Waals surface area contributed by atoms with Crippen LogP contribution in [0.25, 0.3) is 33.0 Å². The van der Waals surface area contributed by atoms with Crippen molar-refractivity contribution in [2.45, 2.75) is 0 Å². The molecule has 3 aromatic carbocycles. The minimum absolute atomic E-state index is 1.18. The fourth-order valence-corrected chi connectivity index (χ4v) is 3.28. The van der Waals surface area contributed by atoms with Crippen LogP contribution in [0.5, 0.6) is 0 Å². The molecule has 1 aliphatic rings. The van der Waals surface area contributed by atoms with Gasteiger partial charge in [-0.1, -0.05) is 64.5 Å². The Bertz CT molecular complexity index is 757. The van der Waals surface area contributed by atoms with E-state index in [2.05, 4.69) is 70.5 Å². The van der Waals surface area contributed by atoms with Gasteiger partial charge in [0.2, 0.25) is 0 Å². The first-order chi connectivity index (χ1) is 8.36. The fourth-order valence-electron chi connectivity index (χ4n) is 2.71. The van der Waals surface area contributed by atoms with Gasteiger partial charge in [-0.3, -0.25) is 0 Å². The molecule has 17 heavy (non-hydrogen) atoms. The third kappa shape index (κ3) is 1.12. The lowest BCUT2D eigenvalue weighted by Gasteiger charge is -2.26. The highest BCUT2D eigenvalue weighted by Gasteiger charge is 2.24. The van der Waals surface area contributed by atoms with E-state index in [0.29, 0.717) is 0 Å². The van der Waals surface area contributed by atoms with E-state index < -0.39 is 0 Å². The lowest BCUT2D eigenvalue weighted by atomic mass is 9.78. The van der Waals surface area contributed by atoms with Gasteiger partial charge in [0.05, 0.1) is 0 Å². The van der Waals surface area contributed by atoms with Crippen LogP contribution in [-0.4, -0.2) is 0 Å². The van der Waals surface area contributed by atoms with Crippen LogP contribution >= 0.6 is 15.9 Å². The third-order valence-electron chi connectivity index (χ3n) is 3.48. The summed E-state index contributed by atoms with van der Waals surface area (Å²) in [6.07, 6.45) is 0. The predicted molar refractivity (Wildman–Crippen MR) is 76.1 cm³/mol. The van der Waals surface area contributed by atoms with Gasteiger partial charge in [-0.05, 0) is 39.1 Å². The Labute approximate surface area is 108 Å². The van der Waals surface area contributed by atoms with Gasteiger partial charge in [0.25, 0.3) is 0 Å². The van der Waals surface area contributed by atoms with Crippen molar-refractivity contribution in [3.63, 3.8) is 0 Å². The van der Waals surface area contributed by atoms with Crippen molar-refractivity contribution in [3.8, 4) is 22.3 Å². The molecule has 0 N–H and O–H groups in total. The zero-order valence-corrected chi connectivity index (χ0v) is 10.7. The minimum atomic E-state index is 1.18.